The van der Waals surface area contributed by atoms with E-state index in [1.165, 1.54) is 11.1 Å². The highest BCUT2D eigenvalue weighted by Crippen LogP contribution is 2.27. The fourth-order valence-electron chi connectivity index (χ4n) is 2.58. The molecule has 0 bridgehead atoms. The third kappa shape index (κ3) is 2.91. The first-order valence-corrected chi connectivity index (χ1v) is 6.60. The van der Waals surface area contributed by atoms with Gasteiger partial charge < -0.3 is 10.6 Å². The first-order valence-electron chi connectivity index (χ1n) is 6.60. The van der Waals surface area contributed by atoms with E-state index in [-0.39, 0.29) is 11.3 Å². The van der Waals surface area contributed by atoms with Crippen LogP contribution < -0.4 is 10.6 Å². The molecule has 1 atom stereocenters. The van der Waals surface area contributed by atoms with Gasteiger partial charge in [0.05, 0.1) is 5.41 Å². The summed E-state index contributed by atoms with van der Waals surface area (Å²) in [5, 5.41) is 6.36. The molecule has 1 fully saturated rings. The number of benzene rings is 1. The second kappa shape index (κ2) is 5.11. The summed E-state index contributed by atoms with van der Waals surface area (Å²) in [5.41, 5.74) is 2.98. The van der Waals surface area contributed by atoms with E-state index >= 15 is 0 Å². The van der Waals surface area contributed by atoms with Crippen molar-refractivity contribution in [3.63, 3.8) is 0 Å². The first kappa shape index (κ1) is 13.1. The van der Waals surface area contributed by atoms with Crippen molar-refractivity contribution in [2.24, 2.45) is 5.41 Å². The Labute approximate surface area is 109 Å². The van der Waals surface area contributed by atoms with Gasteiger partial charge in [-0.2, -0.15) is 0 Å². The number of nitrogens with one attached hydrogen (secondary N) is 2. The molecule has 1 heterocycles. The third-order valence-corrected chi connectivity index (χ3v) is 3.63. The van der Waals surface area contributed by atoms with E-state index in [2.05, 4.69) is 16.7 Å². The lowest BCUT2D eigenvalue weighted by molar-refractivity contribution is -0.125. The average Bonchev–Trinajstić information content (AvgIpc) is 2.28. The van der Waals surface area contributed by atoms with E-state index in [9.17, 15) is 4.79 Å². The highest BCUT2D eigenvalue weighted by atomic mass is 16.2. The summed E-state index contributed by atoms with van der Waals surface area (Å²) in [4.78, 5) is 12.4. The maximum Gasteiger partial charge on any atom is 0.231 e. The van der Waals surface area contributed by atoms with Crippen LogP contribution in [-0.4, -0.2) is 19.0 Å². The summed E-state index contributed by atoms with van der Waals surface area (Å²) in [6, 6.07) is 6.15. The zero-order chi connectivity index (χ0) is 13.2. The van der Waals surface area contributed by atoms with Crippen LogP contribution in [0, 0.1) is 19.3 Å². The van der Waals surface area contributed by atoms with Gasteiger partial charge in [-0.25, -0.2) is 0 Å². The predicted octanol–water partition coefficient (Wildman–Crippen LogP) is 2.63. The van der Waals surface area contributed by atoms with Crippen molar-refractivity contribution in [1.82, 2.24) is 5.32 Å². The Bertz CT molecular complexity index is 428. The molecule has 1 saturated heterocycles. The lowest BCUT2D eigenvalue weighted by Crippen LogP contribution is -2.46. The number of carbonyl (C=O) groups excluding carboxylic acids is 1. The molecule has 3 nitrogen and oxygen atoms in total. The summed E-state index contributed by atoms with van der Waals surface area (Å²) in [6.45, 7) is 7.92. The molecule has 1 aliphatic heterocycles. The number of anilines is 1. The van der Waals surface area contributed by atoms with E-state index in [1.54, 1.807) is 0 Å². The lowest BCUT2D eigenvalue weighted by atomic mass is 9.82. The highest BCUT2D eigenvalue weighted by molar-refractivity contribution is 5.95. The van der Waals surface area contributed by atoms with Gasteiger partial charge in [-0.05, 0) is 63.4 Å². The fourth-order valence-corrected chi connectivity index (χ4v) is 2.58. The maximum absolute atomic E-state index is 12.4. The molecule has 1 unspecified atom stereocenters. The van der Waals surface area contributed by atoms with Crippen LogP contribution in [-0.2, 0) is 4.79 Å². The van der Waals surface area contributed by atoms with Gasteiger partial charge in [-0.1, -0.05) is 6.07 Å². The number of carbonyl (C=O) groups is 1. The molecule has 3 heteroatoms. The molecule has 0 aliphatic carbocycles. The van der Waals surface area contributed by atoms with E-state index in [4.69, 9.17) is 0 Å². The molecule has 0 radical (unpaired) electrons. The van der Waals surface area contributed by atoms with E-state index in [0.717, 1.165) is 31.6 Å². The summed E-state index contributed by atoms with van der Waals surface area (Å²) < 4.78 is 0. The minimum Gasteiger partial charge on any atom is -0.326 e. The minimum atomic E-state index is -0.282. The zero-order valence-corrected chi connectivity index (χ0v) is 11.5. The molecule has 18 heavy (non-hydrogen) atoms. The second-order valence-electron chi connectivity index (χ2n) is 5.67. The number of hydrogen-bond donors (Lipinski definition) is 2. The SMILES string of the molecule is Cc1cc(C)cc(NC(=O)C2(C)CCCNC2)c1. The smallest absolute Gasteiger partial charge is 0.231 e. The largest absolute Gasteiger partial charge is 0.326 e. The van der Waals surface area contributed by atoms with Gasteiger partial charge >= 0.3 is 0 Å². The number of hydrogen-bond acceptors (Lipinski definition) is 2. The van der Waals surface area contributed by atoms with E-state index in [1.807, 2.05) is 32.9 Å². The number of rotatable bonds is 2. The molecular formula is C15H22N2O. The van der Waals surface area contributed by atoms with Crippen LogP contribution in [0.5, 0.6) is 0 Å². The van der Waals surface area contributed by atoms with Gasteiger partial charge in [0.1, 0.15) is 0 Å². The Balaban J connectivity index is 2.10. The fraction of sp³-hybridized carbons (Fsp3) is 0.533. The minimum absolute atomic E-state index is 0.125. The van der Waals surface area contributed by atoms with Crippen LogP contribution in [0.1, 0.15) is 30.9 Å². The average molecular weight is 246 g/mol. The predicted molar refractivity (Wildman–Crippen MR) is 74.8 cm³/mol. The molecule has 0 spiro atoms. The summed E-state index contributed by atoms with van der Waals surface area (Å²) in [6.07, 6.45) is 2.02. The van der Waals surface area contributed by atoms with Gasteiger partial charge in [0.25, 0.3) is 0 Å². The van der Waals surface area contributed by atoms with Crippen LogP contribution >= 0.6 is 0 Å². The molecule has 98 valence electrons. The molecule has 0 saturated carbocycles. The van der Waals surface area contributed by atoms with Gasteiger partial charge in [-0.15, -0.1) is 0 Å². The zero-order valence-electron chi connectivity index (χ0n) is 11.5. The molecule has 2 rings (SSSR count). The molecule has 0 aromatic heterocycles. The number of piperidine rings is 1. The van der Waals surface area contributed by atoms with Crippen molar-refractivity contribution in [2.45, 2.75) is 33.6 Å². The summed E-state index contributed by atoms with van der Waals surface area (Å²) >= 11 is 0. The Morgan fingerprint density at radius 3 is 2.50 bits per heavy atom. The van der Waals surface area contributed by atoms with E-state index < -0.39 is 0 Å². The van der Waals surface area contributed by atoms with Crippen molar-refractivity contribution < 1.29 is 4.79 Å². The van der Waals surface area contributed by atoms with Crippen LogP contribution in [0.15, 0.2) is 18.2 Å². The van der Waals surface area contributed by atoms with Gasteiger partial charge in [0.15, 0.2) is 0 Å². The molecule has 1 amide bonds. The molecule has 1 aliphatic rings. The van der Waals surface area contributed by atoms with Gasteiger partial charge in [-0.3, -0.25) is 4.79 Å². The lowest BCUT2D eigenvalue weighted by Gasteiger charge is -2.32. The second-order valence-corrected chi connectivity index (χ2v) is 5.67. The van der Waals surface area contributed by atoms with Gasteiger partial charge in [0, 0.05) is 12.2 Å². The molecular weight excluding hydrogens is 224 g/mol. The topological polar surface area (TPSA) is 41.1 Å². The van der Waals surface area contributed by atoms with Crippen LogP contribution in [0.3, 0.4) is 0 Å². The highest BCUT2D eigenvalue weighted by Gasteiger charge is 2.34. The van der Waals surface area contributed by atoms with Gasteiger partial charge in [0.2, 0.25) is 5.91 Å². The number of amides is 1. The van der Waals surface area contributed by atoms with Crippen molar-refractivity contribution in [2.75, 3.05) is 18.4 Å². The van der Waals surface area contributed by atoms with Crippen molar-refractivity contribution in [1.29, 1.82) is 0 Å². The molecule has 1 aromatic carbocycles. The third-order valence-electron chi connectivity index (χ3n) is 3.63. The van der Waals surface area contributed by atoms with Crippen molar-refractivity contribution >= 4 is 11.6 Å². The summed E-state index contributed by atoms with van der Waals surface area (Å²) in [7, 11) is 0. The van der Waals surface area contributed by atoms with Crippen LogP contribution in [0.25, 0.3) is 0 Å². The first-order chi connectivity index (χ1) is 8.49. The Morgan fingerprint density at radius 1 is 1.28 bits per heavy atom. The Hall–Kier alpha value is -1.35. The number of aryl methyl sites for hydroxylation is 2. The van der Waals surface area contributed by atoms with E-state index in [0.29, 0.717) is 0 Å². The standard InChI is InChI=1S/C15H22N2O/c1-11-7-12(2)9-13(8-11)17-14(18)15(3)5-4-6-16-10-15/h7-9,16H,4-6,10H2,1-3H3,(H,17,18). The summed E-state index contributed by atoms with van der Waals surface area (Å²) in [5.74, 6) is 0.125. The molecule has 1 aromatic rings. The monoisotopic (exact) mass is 246 g/mol. The van der Waals surface area contributed by atoms with Crippen molar-refractivity contribution in [3.05, 3.63) is 29.3 Å². The van der Waals surface area contributed by atoms with Crippen molar-refractivity contribution in [3.8, 4) is 0 Å². The van der Waals surface area contributed by atoms with Crippen LogP contribution in [0.2, 0.25) is 0 Å². The van der Waals surface area contributed by atoms with Crippen LogP contribution in [0.4, 0.5) is 5.69 Å². The Morgan fingerprint density at radius 2 is 1.94 bits per heavy atom. The molecule has 2 N–H and O–H groups in total. The Kier molecular flexibility index (Phi) is 3.71. The quantitative estimate of drug-likeness (QED) is 0.842. The maximum atomic E-state index is 12.4. The normalized spacial score (nSPS) is 23.7.